The molecule has 1 aliphatic carbocycles. The molecule has 1 fully saturated rings. The lowest BCUT2D eigenvalue weighted by Gasteiger charge is -2.10. The van der Waals surface area contributed by atoms with Crippen molar-refractivity contribution in [2.75, 3.05) is 11.9 Å². The van der Waals surface area contributed by atoms with Crippen molar-refractivity contribution in [2.24, 2.45) is 11.3 Å². The van der Waals surface area contributed by atoms with Crippen LogP contribution in [0.15, 0.2) is 12.1 Å². The number of carboxylic acids is 1. The number of pyridine rings is 1. The summed E-state index contributed by atoms with van der Waals surface area (Å²) in [7, 11) is 0. The van der Waals surface area contributed by atoms with E-state index in [9.17, 15) is 4.79 Å². The molecule has 1 saturated carbocycles. The highest BCUT2D eigenvalue weighted by atomic mass is 16.4. The molecule has 1 heterocycles. The maximum Gasteiger partial charge on any atom is 0.335 e. The SMILES string of the molecule is CCCc1cc(C(=O)O)cc(NCC2CC2(C)C)n1. The Balaban J connectivity index is 2.08. The van der Waals surface area contributed by atoms with E-state index in [-0.39, 0.29) is 0 Å². The van der Waals surface area contributed by atoms with Crippen molar-refractivity contribution < 1.29 is 9.90 Å². The number of aromatic carboxylic acids is 1. The fourth-order valence-electron chi connectivity index (χ4n) is 2.34. The van der Waals surface area contributed by atoms with Crippen LogP contribution in [-0.4, -0.2) is 22.6 Å². The van der Waals surface area contributed by atoms with Crippen LogP contribution < -0.4 is 5.32 Å². The van der Waals surface area contributed by atoms with Crippen molar-refractivity contribution in [1.82, 2.24) is 4.98 Å². The number of anilines is 1. The fraction of sp³-hybridized carbons (Fsp3) is 0.600. The Morgan fingerprint density at radius 1 is 1.53 bits per heavy atom. The summed E-state index contributed by atoms with van der Waals surface area (Å²) in [5.41, 5.74) is 1.58. The van der Waals surface area contributed by atoms with Crippen LogP contribution >= 0.6 is 0 Å². The van der Waals surface area contributed by atoms with Crippen molar-refractivity contribution in [1.29, 1.82) is 0 Å². The first kappa shape index (κ1) is 13.8. The van der Waals surface area contributed by atoms with Gasteiger partial charge in [-0.15, -0.1) is 0 Å². The van der Waals surface area contributed by atoms with Gasteiger partial charge in [-0.2, -0.15) is 0 Å². The average Bonchev–Trinajstić information content (AvgIpc) is 2.95. The second-order valence-electron chi connectivity index (χ2n) is 6.06. The third kappa shape index (κ3) is 3.46. The summed E-state index contributed by atoms with van der Waals surface area (Å²) < 4.78 is 0. The van der Waals surface area contributed by atoms with Crippen LogP contribution in [0.25, 0.3) is 0 Å². The Labute approximate surface area is 114 Å². The highest BCUT2D eigenvalue weighted by molar-refractivity contribution is 5.88. The lowest BCUT2D eigenvalue weighted by atomic mass is 10.1. The van der Waals surface area contributed by atoms with Gasteiger partial charge >= 0.3 is 5.97 Å². The van der Waals surface area contributed by atoms with Crippen LogP contribution in [0.1, 0.15) is 49.7 Å². The van der Waals surface area contributed by atoms with Gasteiger partial charge in [0.25, 0.3) is 0 Å². The van der Waals surface area contributed by atoms with Crippen molar-refractivity contribution in [3.8, 4) is 0 Å². The molecule has 0 spiro atoms. The van der Waals surface area contributed by atoms with Gasteiger partial charge in [-0.05, 0) is 36.3 Å². The largest absolute Gasteiger partial charge is 0.478 e. The van der Waals surface area contributed by atoms with Crippen molar-refractivity contribution in [3.63, 3.8) is 0 Å². The summed E-state index contributed by atoms with van der Waals surface area (Å²) >= 11 is 0. The lowest BCUT2D eigenvalue weighted by Crippen LogP contribution is -2.10. The lowest BCUT2D eigenvalue weighted by molar-refractivity contribution is 0.0696. The third-order valence-electron chi connectivity index (χ3n) is 3.88. The van der Waals surface area contributed by atoms with Crippen LogP contribution in [0.3, 0.4) is 0 Å². The molecule has 0 saturated heterocycles. The molecule has 4 heteroatoms. The molecule has 1 aromatic rings. The Morgan fingerprint density at radius 3 is 2.74 bits per heavy atom. The van der Waals surface area contributed by atoms with Crippen LogP contribution in [-0.2, 0) is 6.42 Å². The Kier molecular flexibility index (Phi) is 3.78. The van der Waals surface area contributed by atoms with Crippen molar-refractivity contribution in [2.45, 2.75) is 40.0 Å². The minimum absolute atomic E-state index is 0.316. The van der Waals surface area contributed by atoms with E-state index in [1.807, 2.05) is 0 Å². The molecule has 4 nitrogen and oxygen atoms in total. The van der Waals surface area contributed by atoms with Gasteiger partial charge in [0.2, 0.25) is 0 Å². The molecule has 0 aromatic carbocycles. The van der Waals surface area contributed by atoms with Crippen LogP contribution in [0, 0.1) is 11.3 Å². The van der Waals surface area contributed by atoms with Crippen LogP contribution in [0.4, 0.5) is 5.82 Å². The smallest absolute Gasteiger partial charge is 0.335 e. The number of rotatable bonds is 6. The molecule has 1 atom stereocenters. The number of hydrogen-bond donors (Lipinski definition) is 2. The molecule has 1 unspecified atom stereocenters. The van der Waals surface area contributed by atoms with Crippen LogP contribution in [0.5, 0.6) is 0 Å². The number of aromatic nitrogens is 1. The molecule has 19 heavy (non-hydrogen) atoms. The maximum atomic E-state index is 11.1. The monoisotopic (exact) mass is 262 g/mol. The Bertz CT molecular complexity index is 483. The topological polar surface area (TPSA) is 62.2 Å². The van der Waals surface area contributed by atoms with Crippen molar-refractivity contribution in [3.05, 3.63) is 23.4 Å². The number of carbonyl (C=O) groups is 1. The normalized spacial score (nSPS) is 20.1. The van der Waals surface area contributed by atoms with Gasteiger partial charge in [-0.1, -0.05) is 27.2 Å². The maximum absolute atomic E-state index is 11.1. The Morgan fingerprint density at radius 2 is 2.21 bits per heavy atom. The van der Waals surface area contributed by atoms with E-state index in [1.165, 1.54) is 6.42 Å². The van der Waals surface area contributed by atoms with E-state index >= 15 is 0 Å². The first-order chi connectivity index (χ1) is 8.92. The molecular weight excluding hydrogens is 240 g/mol. The van der Waals surface area contributed by atoms with Gasteiger partial charge in [0.05, 0.1) is 5.56 Å². The molecule has 2 rings (SSSR count). The van der Waals surface area contributed by atoms with Gasteiger partial charge in [0.1, 0.15) is 5.82 Å². The quantitative estimate of drug-likeness (QED) is 0.826. The van der Waals surface area contributed by atoms with E-state index in [0.717, 1.165) is 25.1 Å². The van der Waals surface area contributed by atoms with Gasteiger partial charge in [-0.25, -0.2) is 9.78 Å². The number of nitrogens with one attached hydrogen (secondary N) is 1. The molecule has 104 valence electrons. The van der Waals surface area contributed by atoms with E-state index in [4.69, 9.17) is 5.11 Å². The number of nitrogens with zero attached hydrogens (tertiary/aromatic N) is 1. The zero-order chi connectivity index (χ0) is 14.0. The summed E-state index contributed by atoms with van der Waals surface area (Å²) in [6, 6.07) is 3.29. The van der Waals surface area contributed by atoms with Gasteiger partial charge < -0.3 is 10.4 Å². The van der Waals surface area contributed by atoms with Crippen LogP contribution in [0.2, 0.25) is 0 Å². The predicted molar refractivity (Wildman–Crippen MR) is 75.6 cm³/mol. The molecule has 2 N–H and O–H groups in total. The second-order valence-corrected chi connectivity index (χ2v) is 6.06. The van der Waals surface area contributed by atoms with E-state index in [1.54, 1.807) is 12.1 Å². The van der Waals surface area contributed by atoms with Gasteiger partial charge in [0.15, 0.2) is 0 Å². The first-order valence-corrected chi connectivity index (χ1v) is 6.90. The molecule has 0 aliphatic heterocycles. The molecular formula is C15H22N2O2. The highest BCUT2D eigenvalue weighted by Gasteiger charge is 2.44. The predicted octanol–water partition coefficient (Wildman–Crippen LogP) is 3.19. The zero-order valence-corrected chi connectivity index (χ0v) is 11.9. The molecule has 1 aromatic heterocycles. The summed E-state index contributed by atoms with van der Waals surface area (Å²) in [6.07, 6.45) is 3.00. The Hall–Kier alpha value is -1.58. The molecule has 0 radical (unpaired) electrons. The summed E-state index contributed by atoms with van der Waals surface area (Å²) in [6.45, 7) is 7.44. The number of carboxylic acid groups (broad SMARTS) is 1. The van der Waals surface area contributed by atoms with E-state index in [2.05, 4.69) is 31.1 Å². The third-order valence-corrected chi connectivity index (χ3v) is 3.88. The minimum Gasteiger partial charge on any atom is -0.478 e. The van der Waals surface area contributed by atoms with Gasteiger partial charge in [-0.3, -0.25) is 0 Å². The number of aryl methyl sites for hydroxylation is 1. The zero-order valence-electron chi connectivity index (χ0n) is 11.9. The van der Waals surface area contributed by atoms with E-state index in [0.29, 0.717) is 22.7 Å². The fourth-order valence-corrected chi connectivity index (χ4v) is 2.34. The highest BCUT2D eigenvalue weighted by Crippen LogP contribution is 2.51. The second kappa shape index (κ2) is 5.19. The van der Waals surface area contributed by atoms with Gasteiger partial charge in [0, 0.05) is 12.2 Å². The molecule has 1 aliphatic rings. The van der Waals surface area contributed by atoms with Crippen molar-refractivity contribution >= 4 is 11.8 Å². The first-order valence-electron chi connectivity index (χ1n) is 6.90. The standard InChI is InChI=1S/C15H22N2O2/c1-4-5-12-6-10(14(18)19)7-13(17-12)16-9-11-8-15(11,2)3/h6-7,11H,4-5,8-9H2,1-3H3,(H,16,17)(H,18,19). The summed E-state index contributed by atoms with van der Waals surface area (Å²) in [5, 5.41) is 12.4. The minimum atomic E-state index is -0.894. The average molecular weight is 262 g/mol. The summed E-state index contributed by atoms with van der Waals surface area (Å²) in [5.74, 6) is 0.456. The molecule has 0 bridgehead atoms. The van der Waals surface area contributed by atoms with E-state index < -0.39 is 5.97 Å². The number of hydrogen-bond acceptors (Lipinski definition) is 3. The molecule has 0 amide bonds. The summed E-state index contributed by atoms with van der Waals surface area (Å²) in [4.78, 5) is 15.6.